The fourth-order valence-electron chi connectivity index (χ4n) is 1.95. The fourth-order valence-corrected chi connectivity index (χ4v) is 2.76. The van der Waals surface area contributed by atoms with E-state index in [1.807, 2.05) is 41.8 Å². The molecule has 0 saturated carbocycles. The van der Waals surface area contributed by atoms with Crippen molar-refractivity contribution in [2.45, 2.75) is 0 Å². The molecule has 0 saturated heterocycles. The van der Waals surface area contributed by atoms with Crippen LogP contribution in [0.2, 0.25) is 0 Å². The van der Waals surface area contributed by atoms with E-state index in [1.54, 1.807) is 24.5 Å². The van der Waals surface area contributed by atoms with Crippen LogP contribution in [0.4, 0.5) is 5.69 Å². The van der Waals surface area contributed by atoms with E-state index in [4.69, 9.17) is 0 Å². The number of aromatic nitrogens is 1. The number of pyridine rings is 1. The molecule has 0 aliphatic carbocycles. The third-order valence-corrected chi connectivity index (χ3v) is 3.81. The van der Waals surface area contributed by atoms with Crippen LogP contribution in [0.15, 0.2) is 66.3 Å². The van der Waals surface area contributed by atoms with Gasteiger partial charge in [0.05, 0.1) is 4.88 Å². The Bertz CT molecular complexity index is 708. The summed E-state index contributed by atoms with van der Waals surface area (Å²) >= 11 is 1.44. The Kier molecular flexibility index (Phi) is 3.56. The highest BCUT2D eigenvalue weighted by Gasteiger charge is 2.14. The van der Waals surface area contributed by atoms with Gasteiger partial charge in [-0.15, -0.1) is 11.3 Å². The largest absolute Gasteiger partial charge is 0.321 e. The lowest BCUT2D eigenvalue weighted by atomic mass is 10.1. The summed E-state index contributed by atoms with van der Waals surface area (Å²) in [5.74, 6) is -0.0925. The first kappa shape index (κ1) is 12.6. The second-order valence-corrected chi connectivity index (χ2v) is 5.14. The number of hydrogen-bond acceptors (Lipinski definition) is 3. The zero-order valence-electron chi connectivity index (χ0n) is 10.6. The predicted octanol–water partition coefficient (Wildman–Crippen LogP) is 4.06. The SMILES string of the molecule is O=C(Nc1ccncc1)c1sccc1-c1ccccc1. The molecular formula is C16H12N2OS. The third kappa shape index (κ3) is 2.60. The number of anilines is 1. The van der Waals surface area contributed by atoms with Crippen LogP contribution < -0.4 is 5.32 Å². The van der Waals surface area contributed by atoms with E-state index in [9.17, 15) is 4.79 Å². The highest BCUT2D eigenvalue weighted by atomic mass is 32.1. The van der Waals surface area contributed by atoms with Crippen LogP contribution in [-0.2, 0) is 0 Å². The second kappa shape index (κ2) is 5.67. The summed E-state index contributed by atoms with van der Waals surface area (Å²) < 4.78 is 0. The van der Waals surface area contributed by atoms with Gasteiger partial charge in [0, 0.05) is 23.6 Å². The minimum atomic E-state index is -0.0925. The van der Waals surface area contributed by atoms with Crippen LogP contribution in [0, 0.1) is 0 Å². The van der Waals surface area contributed by atoms with Gasteiger partial charge in [-0.25, -0.2) is 0 Å². The van der Waals surface area contributed by atoms with Gasteiger partial charge >= 0.3 is 0 Å². The average Bonchev–Trinajstić information content (AvgIpc) is 2.99. The summed E-state index contributed by atoms with van der Waals surface area (Å²) in [6.45, 7) is 0. The molecule has 2 heterocycles. The molecule has 1 amide bonds. The number of benzene rings is 1. The predicted molar refractivity (Wildman–Crippen MR) is 81.9 cm³/mol. The minimum Gasteiger partial charge on any atom is -0.321 e. The van der Waals surface area contributed by atoms with Crippen molar-refractivity contribution in [3.05, 3.63) is 71.2 Å². The number of thiophene rings is 1. The smallest absolute Gasteiger partial charge is 0.266 e. The molecule has 3 rings (SSSR count). The number of amides is 1. The van der Waals surface area contributed by atoms with E-state index in [0.717, 1.165) is 16.8 Å². The molecule has 1 aromatic carbocycles. The third-order valence-electron chi connectivity index (χ3n) is 2.89. The summed E-state index contributed by atoms with van der Waals surface area (Å²) in [6.07, 6.45) is 3.31. The van der Waals surface area contributed by atoms with Crippen molar-refractivity contribution < 1.29 is 4.79 Å². The number of carbonyl (C=O) groups excluding carboxylic acids is 1. The lowest BCUT2D eigenvalue weighted by molar-refractivity contribution is 0.103. The molecule has 0 bridgehead atoms. The van der Waals surface area contributed by atoms with Gasteiger partial charge in [0.2, 0.25) is 0 Å². The normalized spacial score (nSPS) is 10.2. The Morgan fingerprint density at radius 1 is 1.00 bits per heavy atom. The van der Waals surface area contributed by atoms with Gasteiger partial charge in [-0.1, -0.05) is 30.3 Å². The molecule has 0 aliphatic heterocycles. The molecule has 0 unspecified atom stereocenters. The maximum absolute atomic E-state index is 12.3. The van der Waals surface area contributed by atoms with E-state index in [0.29, 0.717) is 4.88 Å². The van der Waals surface area contributed by atoms with Crippen LogP contribution in [0.1, 0.15) is 9.67 Å². The molecule has 3 nitrogen and oxygen atoms in total. The van der Waals surface area contributed by atoms with Crippen molar-refractivity contribution in [2.75, 3.05) is 5.32 Å². The highest BCUT2D eigenvalue weighted by Crippen LogP contribution is 2.28. The Morgan fingerprint density at radius 2 is 1.75 bits per heavy atom. The maximum atomic E-state index is 12.3. The van der Waals surface area contributed by atoms with Gasteiger partial charge in [0.25, 0.3) is 5.91 Å². The van der Waals surface area contributed by atoms with Crippen LogP contribution in [0.25, 0.3) is 11.1 Å². The summed E-state index contributed by atoms with van der Waals surface area (Å²) in [4.78, 5) is 17.0. The number of nitrogens with one attached hydrogen (secondary N) is 1. The number of hydrogen-bond donors (Lipinski definition) is 1. The standard InChI is InChI=1S/C16H12N2OS/c19-16(18-13-6-9-17-10-7-13)15-14(8-11-20-15)12-4-2-1-3-5-12/h1-11H,(H,17,18,19). The van der Waals surface area contributed by atoms with Crippen molar-refractivity contribution in [1.29, 1.82) is 0 Å². The number of rotatable bonds is 3. The molecule has 0 aliphatic rings. The monoisotopic (exact) mass is 280 g/mol. The van der Waals surface area contributed by atoms with E-state index in [1.165, 1.54) is 11.3 Å². The van der Waals surface area contributed by atoms with Crippen molar-refractivity contribution in [1.82, 2.24) is 4.98 Å². The Labute approximate surface area is 120 Å². The van der Waals surface area contributed by atoms with Crippen molar-refractivity contribution in [3.63, 3.8) is 0 Å². The van der Waals surface area contributed by atoms with E-state index < -0.39 is 0 Å². The summed E-state index contributed by atoms with van der Waals surface area (Å²) in [6, 6.07) is 15.4. The molecule has 0 fully saturated rings. The number of carbonyl (C=O) groups is 1. The van der Waals surface area contributed by atoms with Crippen LogP contribution >= 0.6 is 11.3 Å². The number of nitrogens with zero attached hydrogens (tertiary/aromatic N) is 1. The Morgan fingerprint density at radius 3 is 2.50 bits per heavy atom. The van der Waals surface area contributed by atoms with Gasteiger partial charge in [-0.3, -0.25) is 9.78 Å². The van der Waals surface area contributed by atoms with Gasteiger partial charge < -0.3 is 5.32 Å². The van der Waals surface area contributed by atoms with Crippen molar-refractivity contribution >= 4 is 22.9 Å². The molecular weight excluding hydrogens is 268 g/mol. The Hall–Kier alpha value is -2.46. The summed E-state index contributed by atoms with van der Waals surface area (Å²) in [5, 5.41) is 4.82. The molecule has 4 heteroatoms. The molecule has 2 aromatic heterocycles. The zero-order chi connectivity index (χ0) is 13.8. The van der Waals surface area contributed by atoms with Gasteiger partial charge in [-0.2, -0.15) is 0 Å². The van der Waals surface area contributed by atoms with Crippen molar-refractivity contribution in [2.24, 2.45) is 0 Å². The zero-order valence-corrected chi connectivity index (χ0v) is 11.4. The van der Waals surface area contributed by atoms with Gasteiger partial charge in [0.15, 0.2) is 0 Å². The molecule has 0 radical (unpaired) electrons. The van der Waals surface area contributed by atoms with Crippen molar-refractivity contribution in [3.8, 4) is 11.1 Å². The minimum absolute atomic E-state index is 0.0925. The van der Waals surface area contributed by atoms with Crippen LogP contribution in [0.3, 0.4) is 0 Å². The molecule has 0 spiro atoms. The van der Waals surface area contributed by atoms with E-state index >= 15 is 0 Å². The molecule has 98 valence electrons. The topological polar surface area (TPSA) is 42.0 Å². The van der Waals surface area contributed by atoms with E-state index in [2.05, 4.69) is 10.3 Å². The highest BCUT2D eigenvalue weighted by molar-refractivity contribution is 7.12. The molecule has 3 aromatic rings. The summed E-state index contributed by atoms with van der Waals surface area (Å²) in [7, 11) is 0. The summed E-state index contributed by atoms with van der Waals surface area (Å²) in [5.41, 5.74) is 2.76. The molecule has 0 atom stereocenters. The van der Waals surface area contributed by atoms with E-state index in [-0.39, 0.29) is 5.91 Å². The van der Waals surface area contributed by atoms with Gasteiger partial charge in [0.1, 0.15) is 0 Å². The first-order valence-electron chi connectivity index (χ1n) is 6.19. The first-order chi connectivity index (χ1) is 9.84. The second-order valence-electron chi connectivity index (χ2n) is 4.22. The molecule has 20 heavy (non-hydrogen) atoms. The first-order valence-corrected chi connectivity index (χ1v) is 7.07. The molecule has 1 N–H and O–H groups in total. The lowest BCUT2D eigenvalue weighted by Crippen LogP contribution is -2.11. The quantitative estimate of drug-likeness (QED) is 0.786. The van der Waals surface area contributed by atoms with Crippen LogP contribution in [-0.4, -0.2) is 10.9 Å². The maximum Gasteiger partial charge on any atom is 0.266 e. The lowest BCUT2D eigenvalue weighted by Gasteiger charge is -2.06. The van der Waals surface area contributed by atoms with Gasteiger partial charge in [-0.05, 0) is 29.1 Å². The fraction of sp³-hybridized carbons (Fsp3) is 0. The van der Waals surface area contributed by atoms with Crippen LogP contribution in [0.5, 0.6) is 0 Å². The average molecular weight is 280 g/mol. The Balaban J connectivity index is 1.88.